The molecule has 2 aliphatic heterocycles. The second kappa shape index (κ2) is 7.51. The van der Waals surface area contributed by atoms with Crippen molar-refractivity contribution in [2.24, 2.45) is 0 Å². The molecule has 5 rings (SSSR count). The first-order valence-electron chi connectivity index (χ1n) is 10.5. The number of anilines is 1. The number of aryl methyl sites for hydroxylation is 2. The zero-order valence-electron chi connectivity index (χ0n) is 17.3. The molecule has 3 amide bonds. The number of hydrogen-bond acceptors (Lipinski definition) is 3. The Morgan fingerprint density at radius 2 is 1.68 bits per heavy atom. The van der Waals surface area contributed by atoms with E-state index < -0.39 is 0 Å². The van der Waals surface area contributed by atoms with E-state index >= 15 is 0 Å². The summed E-state index contributed by atoms with van der Waals surface area (Å²) in [5, 5.41) is 0. The molecule has 0 N–H and O–H groups in total. The fourth-order valence-electron chi connectivity index (χ4n) is 4.54. The number of rotatable bonds is 3. The van der Waals surface area contributed by atoms with Gasteiger partial charge < -0.3 is 4.90 Å². The Hall–Kier alpha value is -3.73. The SMILES string of the molecule is Cc1cccc2c1N(C(=O)c1ccc3c(c1)C(=O)N(Cc1ccccc1)C3=O)CCC2. The maximum absolute atomic E-state index is 13.4. The monoisotopic (exact) mass is 410 g/mol. The van der Waals surface area contributed by atoms with Crippen molar-refractivity contribution >= 4 is 23.4 Å². The summed E-state index contributed by atoms with van der Waals surface area (Å²) >= 11 is 0. The van der Waals surface area contributed by atoms with Crippen molar-refractivity contribution in [2.75, 3.05) is 11.4 Å². The normalized spacial score (nSPS) is 15.1. The highest BCUT2D eigenvalue weighted by atomic mass is 16.2. The van der Waals surface area contributed by atoms with Crippen molar-refractivity contribution in [3.63, 3.8) is 0 Å². The molecular formula is C26H22N2O3. The van der Waals surface area contributed by atoms with Gasteiger partial charge in [-0.05, 0) is 54.7 Å². The Kier molecular flexibility index (Phi) is 4.66. The highest BCUT2D eigenvalue weighted by molar-refractivity contribution is 6.22. The van der Waals surface area contributed by atoms with E-state index in [1.807, 2.05) is 49.4 Å². The molecule has 31 heavy (non-hydrogen) atoms. The Morgan fingerprint density at radius 1 is 0.903 bits per heavy atom. The number of hydrogen-bond donors (Lipinski definition) is 0. The van der Waals surface area contributed by atoms with Crippen LogP contribution in [-0.2, 0) is 13.0 Å². The lowest BCUT2D eigenvalue weighted by Gasteiger charge is -2.31. The van der Waals surface area contributed by atoms with Gasteiger partial charge in [-0.25, -0.2) is 0 Å². The van der Waals surface area contributed by atoms with E-state index in [9.17, 15) is 14.4 Å². The van der Waals surface area contributed by atoms with Crippen LogP contribution < -0.4 is 4.90 Å². The van der Waals surface area contributed by atoms with Crippen LogP contribution in [0.2, 0.25) is 0 Å². The van der Waals surface area contributed by atoms with E-state index in [0.717, 1.165) is 29.7 Å². The third-order valence-corrected chi connectivity index (χ3v) is 6.07. The maximum atomic E-state index is 13.4. The number of nitrogens with zero attached hydrogens (tertiary/aromatic N) is 2. The van der Waals surface area contributed by atoms with Gasteiger partial charge in [0, 0.05) is 12.1 Å². The molecule has 0 saturated heterocycles. The summed E-state index contributed by atoms with van der Waals surface area (Å²) in [6, 6.07) is 20.4. The minimum absolute atomic E-state index is 0.139. The first-order chi connectivity index (χ1) is 15.0. The number of para-hydroxylation sites is 1. The largest absolute Gasteiger partial charge is 0.308 e. The van der Waals surface area contributed by atoms with Gasteiger partial charge in [-0.1, -0.05) is 48.5 Å². The van der Waals surface area contributed by atoms with Gasteiger partial charge >= 0.3 is 0 Å². The smallest absolute Gasteiger partial charge is 0.261 e. The minimum Gasteiger partial charge on any atom is -0.308 e. The van der Waals surface area contributed by atoms with Crippen LogP contribution in [0.1, 0.15) is 54.2 Å². The fourth-order valence-corrected chi connectivity index (χ4v) is 4.54. The zero-order chi connectivity index (χ0) is 21.5. The summed E-state index contributed by atoms with van der Waals surface area (Å²) in [7, 11) is 0. The number of carbonyl (C=O) groups excluding carboxylic acids is 3. The average molecular weight is 410 g/mol. The molecule has 2 aliphatic rings. The molecule has 5 heteroatoms. The highest BCUT2D eigenvalue weighted by Crippen LogP contribution is 2.32. The van der Waals surface area contributed by atoms with Gasteiger partial charge in [0.05, 0.1) is 23.4 Å². The first kappa shape index (κ1) is 19.2. The highest BCUT2D eigenvalue weighted by Gasteiger charge is 2.36. The summed E-state index contributed by atoms with van der Waals surface area (Å²) < 4.78 is 0. The molecule has 2 heterocycles. The summed E-state index contributed by atoms with van der Waals surface area (Å²) in [5.41, 5.74) is 5.16. The third kappa shape index (κ3) is 3.22. The topological polar surface area (TPSA) is 57.7 Å². The predicted molar refractivity (Wildman–Crippen MR) is 118 cm³/mol. The molecule has 0 saturated carbocycles. The second-order valence-electron chi connectivity index (χ2n) is 8.09. The fraction of sp³-hybridized carbons (Fsp3) is 0.192. The number of carbonyl (C=O) groups is 3. The molecule has 0 radical (unpaired) electrons. The van der Waals surface area contributed by atoms with Gasteiger partial charge in [0.15, 0.2) is 0 Å². The van der Waals surface area contributed by atoms with Crippen LogP contribution in [0.25, 0.3) is 0 Å². The summed E-state index contributed by atoms with van der Waals surface area (Å²) in [5.74, 6) is -0.810. The van der Waals surface area contributed by atoms with Crippen molar-refractivity contribution in [2.45, 2.75) is 26.3 Å². The van der Waals surface area contributed by atoms with Crippen LogP contribution in [-0.4, -0.2) is 29.2 Å². The summed E-state index contributed by atoms with van der Waals surface area (Å²) in [4.78, 5) is 42.2. The molecule has 0 fully saturated rings. The van der Waals surface area contributed by atoms with Crippen LogP contribution in [0.5, 0.6) is 0 Å². The molecule has 5 nitrogen and oxygen atoms in total. The molecular weight excluding hydrogens is 388 g/mol. The zero-order valence-corrected chi connectivity index (χ0v) is 17.3. The molecule has 3 aromatic carbocycles. The van der Waals surface area contributed by atoms with Gasteiger partial charge in [-0.2, -0.15) is 0 Å². The average Bonchev–Trinajstić information content (AvgIpc) is 3.03. The van der Waals surface area contributed by atoms with E-state index in [0.29, 0.717) is 23.2 Å². The molecule has 154 valence electrons. The third-order valence-electron chi connectivity index (χ3n) is 6.07. The van der Waals surface area contributed by atoms with Gasteiger partial charge in [-0.3, -0.25) is 19.3 Å². The van der Waals surface area contributed by atoms with Crippen molar-refractivity contribution in [3.05, 3.63) is 100 Å². The Labute approximate surface area is 180 Å². The Balaban J connectivity index is 1.46. The van der Waals surface area contributed by atoms with Crippen LogP contribution in [0, 0.1) is 6.92 Å². The van der Waals surface area contributed by atoms with Crippen molar-refractivity contribution in [1.82, 2.24) is 4.90 Å². The number of benzene rings is 3. The van der Waals surface area contributed by atoms with E-state index in [1.165, 1.54) is 10.5 Å². The van der Waals surface area contributed by atoms with E-state index in [4.69, 9.17) is 0 Å². The lowest BCUT2D eigenvalue weighted by Crippen LogP contribution is -2.36. The molecule has 0 atom stereocenters. The van der Waals surface area contributed by atoms with Gasteiger partial charge in [0.2, 0.25) is 0 Å². The lowest BCUT2D eigenvalue weighted by atomic mass is 9.97. The van der Waals surface area contributed by atoms with Gasteiger partial charge in [0.25, 0.3) is 17.7 Å². The number of amides is 3. The van der Waals surface area contributed by atoms with Gasteiger partial charge in [-0.15, -0.1) is 0 Å². The molecule has 0 bridgehead atoms. The van der Waals surface area contributed by atoms with Crippen molar-refractivity contribution < 1.29 is 14.4 Å². The molecule has 0 spiro atoms. The quantitative estimate of drug-likeness (QED) is 0.602. The lowest BCUT2D eigenvalue weighted by molar-refractivity contribution is 0.0642. The molecule has 0 aromatic heterocycles. The van der Waals surface area contributed by atoms with Crippen molar-refractivity contribution in [1.29, 1.82) is 0 Å². The van der Waals surface area contributed by atoms with Crippen LogP contribution in [0.15, 0.2) is 66.7 Å². The standard InChI is InChI=1S/C26H22N2O3/c1-17-7-5-10-19-11-6-14-27(23(17)19)24(29)20-12-13-21-22(15-20)26(31)28(25(21)30)16-18-8-3-2-4-9-18/h2-5,7-10,12-13,15H,6,11,14,16H2,1H3. The summed E-state index contributed by atoms with van der Waals surface area (Å²) in [6.45, 7) is 2.87. The Morgan fingerprint density at radius 3 is 2.48 bits per heavy atom. The second-order valence-corrected chi connectivity index (χ2v) is 8.09. The van der Waals surface area contributed by atoms with Crippen molar-refractivity contribution in [3.8, 4) is 0 Å². The molecule has 3 aromatic rings. The van der Waals surface area contributed by atoms with Crippen LogP contribution >= 0.6 is 0 Å². The number of imide groups is 1. The minimum atomic E-state index is -0.353. The first-order valence-corrected chi connectivity index (χ1v) is 10.5. The van der Waals surface area contributed by atoms with Crippen LogP contribution in [0.3, 0.4) is 0 Å². The van der Waals surface area contributed by atoms with E-state index in [2.05, 4.69) is 6.07 Å². The molecule has 0 unspecified atom stereocenters. The Bertz CT molecular complexity index is 1220. The molecule has 0 aliphatic carbocycles. The van der Waals surface area contributed by atoms with Crippen LogP contribution in [0.4, 0.5) is 5.69 Å². The summed E-state index contributed by atoms with van der Waals surface area (Å²) in [6.07, 6.45) is 1.85. The maximum Gasteiger partial charge on any atom is 0.261 e. The van der Waals surface area contributed by atoms with E-state index in [1.54, 1.807) is 23.1 Å². The van der Waals surface area contributed by atoms with E-state index in [-0.39, 0.29) is 24.3 Å². The van der Waals surface area contributed by atoms with Gasteiger partial charge in [0.1, 0.15) is 0 Å². The number of fused-ring (bicyclic) bond motifs is 2. The predicted octanol–water partition coefficient (Wildman–Crippen LogP) is 4.38.